The molecule has 1 fully saturated rings. The largest absolute Gasteiger partial charge is 0.364 e. The second kappa shape index (κ2) is 11.0. The molecule has 164 valence electrons. The lowest BCUT2D eigenvalue weighted by atomic mass is 10.1. The van der Waals surface area contributed by atoms with Crippen LogP contribution in [-0.4, -0.2) is 81.1 Å². The number of amides is 1. The van der Waals surface area contributed by atoms with Crippen molar-refractivity contribution in [2.24, 2.45) is 4.99 Å². The third kappa shape index (κ3) is 6.49. The first-order chi connectivity index (χ1) is 14.5. The molecule has 30 heavy (non-hydrogen) atoms. The molecule has 2 heterocycles. The first-order valence-corrected chi connectivity index (χ1v) is 11.0. The van der Waals surface area contributed by atoms with Crippen molar-refractivity contribution >= 4 is 17.6 Å². The lowest BCUT2D eigenvalue weighted by molar-refractivity contribution is -0.130. The molecular formula is C23H36N6O. The second-order valence-corrected chi connectivity index (χ2v) is 8.22. The molecular weight excluding hydrogens is 376 g/mol. The Bertz CT molecular complexity index is 727. The zero-order valence-electron chi connectivity index (χ0n) is 18.6. The number of hydrogen-bond donors (Lipinski definition) is 2. The molecule has 0 saturated carbocycles. The van der Waals surface area contributed by atoms with Crippen LogP contribution in [0.2, 0.25) is 0 Å². The molecule has 0 aromatic heterocycles. The van der Waals surface area contributed by atoms with E-state index in [1.807, 2.05) is 14.1 Å². The molecule has 1 saturated heterocycles. The fourth-order valence-electron chi connectivity index (χ4n) is 3.75. The number of anilines is 1. The van der Waals surface area contributed by atoms with Crippen LogP contribution < -0.4 is 15.5 Å². The van der Waals surface area contributed by atoms with E-state index in [2.05, 4.69) is 63.8 Å². The van der Waals surface area contributed by atoms with Crippen LogP contribution in [0.5, 0.6) is 0 Å². The molecule has 1 aromatic rings. The summed E-state index contributed by atoms with van der Waals surface area (Å²) in [5.41, 5.74) is 2.47. The van der Waals surface area contributed by atoms with E-state index in [4.69, 9.17) is 4.99 Å². The van der Waals surface area contributed by atoms with Gasteiger partial charge in [-0.05, 0) is 37.5 Å². The Morgan fingerprint density at radius 3 is 2.40 bits per heavy atom. The van der Waals surface area contributed by atoms with Crippen molar-refractivity contribution in [2.75, 3.05) is 58.3 Å². The van der Waals surface area contributed by atoms with E-state index in [1.165, 1.54) is 11.3 Å². The van der Waals surface area contributed by atoms with Crippen LogP contribution in [0, 0.1) is 0 Å². The van der Waals surface area contributed by atoms with Gasteiger partial charge in [-0.15, -0.1) is 0 Å². The van der Waals surface area contributed by atoms with Crippen molar-refractivity contribution in [3.8, 4) is 0 Å². The summed E-state index contributed by atoms with van der Waals surface area (Å²) in [5, 5.41) is 6.94. The topological polar surface area (TPSA) is 63.2 Å². The standard InChI is InChI=1S/C23H36N6O/c1-4-24-23(26-20-11-15-28(16-12-20)18-22(30)27(2)3)25-17-19-7-9-21(10-8-19)29-13-5-6-14-29/h5-10,20H,4,11-18H2,1-3H3,(H2,24,25,26). The SMILES string of the molecule is CCNC(=NCc1ccc(N2CC=CC2)cc1)NC1CCN(CC(=O)N(C)C)CC1. The lowest BCUT2D eigenvalue weighted by Crippen LogP contribution is -2.50. The van der Waals surface area contributed by atoms with Crippen LogP contribution in [0.1, 0.15) is 25.3 Å². The predicted octanol–water partition coefficient (Wildman–Crippen LogP) is 1.67. The average molecular weight is 413 g/mol. The lowest BCUT2D eigenvalue weighted by Gasteiger charge is -2.33. The first-order valence-electron chi connectivity index (χ1n) is 11.0. The molecule has 2 aliphatic heterocycles. The van der Waals surface area contributed by atoms with E-state index >= 15 is 0 Å². The summed E-state index contributed by atoms with van der Waals surface area (Å²) in [7, 11) is 3.62. The predicted molar refractivity (Wildman–Crippen MR) is 124 cm³/mol. The molecule has 1 aromatic carbocycles. The number of likely N-dealkylation sites (tertiary alicyclic amines) is 1. The Morgan fingerprint density at radius 2 is 1.80 bits per heavy atom. The van der Waals surface area contributed by atoms with Crippen molar-refractivity contribution in [2.45, 2.75) is 32.4 Å². The van der Waals surface area contributed by atoms with Gasteiger partial charge in [-0.25, -0.2) is 4.99 Å². The van der Waals surface area contributed by atoms with E-state index < -0.39 is 0 Å². The molecule has 7 nitrogen and oxygen atoms in total. The number of rotatable bonds is 7. The molecule has 1 amide bonds. The van der Waals surface area contributed by atoms with Gasteiger partial charge in [0.1, 0.15) is 0 Å². The minimum absolute atomic E-state index is 0.170. The molecule has 3 rings (SSSR count). The van der Waals surface area contributed by atoms with E-state index in [1.54, 1.807) is 4.90 Å². The highest BCUT2D eigenvalue weighted by molar-refractivity contribution is 5.80. The summed E-state index contributed by atoms with van der Waals surface area (Å²) in [5.74, 6) is 1.04. The van der Waals surface area contributed by atoms with Crippen LogP contribution in [0.4, 0.5) is 5.69 Å². The van der Waals surface area contributed by atoms with Gasteiger partial charge in [0.25, 0.3) is 0 Å². The first kappa shape index (κ1) is 22.2. The third-order valence-corrected chi connectivity index (χ3v) is 5.67. The summed E-state index contributed by atoms with van der Waals surface area (Å²) < 4.78 is 0. The molecule has 0 aliphatic carbocycles. The minimum atomic E-state index is 0.170. The molecule has 2 N–H and O–H groups in total. The summed E-state index contributed by atoms with van der Waals surface area (Å²) >= 11 is 0. The maximum absolute atomic E-state index is 11.9. The van der Waals surface area contributed by atoms with E-state index in [9.17, 15) is 4.79 Å². The average Bonchev–Trinajstić information content (AvgIpc) is 3.29. The second-order valence-electron chi connectivity index (χ2n) is 8.22. The van der Waals surface area contributed by atoms with Gasteiger partial charge in [0.15, 0.2) is 5.96 Å². The van der Waals surface area contributed by atoms with Crippen molar-refractivity contribution in [3.63, 3.8) is 0 Å². The molecule has 0 spiro atoms. The van der Waals surface area contributed by atoms with Gasteiger partial charge in [0, 0.05) is 58.5 Å². The van der Waals surface area contributed by atoms with Gasteiger partial charge in [-0.3, -0.25) is 9.69 Å². The Morgan fingerprint density at radius 1 is 1.13 bits per heavy atom. The van der Waals surface area contributed by atoms with Crippen molar-refractivity contribution in [3.05, 3.63) is 42.0 Å². The molecule has 2 aliphatic rings. The number of guanidine groups is 1. The summed E-state index contributed by atoms with van der Waals surface area (Å²) in [6.07, 6.45) is 6.45. The Labute approximate surface area is 180 Å². The third-order valence-electron chi connectivity index (χ3n) is 5.67. The highest BCUT2D eigenvalue weighted by Gasteiger charge is 2.22. The number of nitrogens with zero attached hydrogens (tertiary/aromatic N) is 4. The summed E-state index contributed by atoms with van der Waals surface area (Å²) in [4.78, 5) is 22.9. The van der Waals surface area contributed by atoms with Crippen LogP contribution >= 0.6 is 0 Å². The molecule has 0 bridgehead atoms. The summed E-state index contributed by atoms with van der Waals surface area (Å²) in [6, 6.07) is 9.09. The Balaban J connectivity index is 1.48. The fourth-order valence-corrected chi connectivity index (χ4v) is 3.75. The highest BCUT2D eigenvalue weighted by Crippen LogP contribution is 2.18. The minimum Gasteiger partial charge on any atom is -0.364 e. The van der Waals surface area contributed by atoms with Crippen LogP contribution in [0.25, 0.3) is 0 Å². The van der Waals surface area contributed by atoms with Gasteiger partial charge in [0.05, 0.1) is 13.1 Å². The smallest absolute Gasteiger partial charge is 0.236 e. The van der Waals surface area contributed by atoms with Crippen molar-refractivity contribution in [1.82, 2.24) is 20.4 Å². The summed E-state index contributed by atoms with van der Waals surface area (Å²) in [6.45, 7) is 7.95. The van der Waals surface area contributed by atoms with Crippen molar-refractivity contribution < 1.29 is 4.79 Å². The number of aliphatic imine (C=N–C) groups is 1. The molecule has 0 unspecified atom stereocenters. The van der Waals surface area contributed by atoms with Crippen LogP contribution in [0.3, 0.4) is 0 Å². The fraction of sp³-hybridized carbons (Fsp3) is 0.565. The number of benzene rings is 1. The quantitative estimate of drug-likeness (QED) is 0.405. The Kier molecular flexibility index (Phi) is 8.13. The normalized spacial score (nSPS) is 18.0. The number of likely N-dealkylation sites (N-methyl/N-ethyl adjacent to an activating group) is 1. The van der Waals surface area contributed by atoms with E-state index in [-0.39, 0.29) is 5.91 Å². The highest BCUT2D eigenvalue weighted by atomic mass is 16.2. The number of hydrogen-bond acceptors (Lipinski definition) is 4. The maximum Gasteiger partial charge on any atom is 0.236 e. The molecule has 0 atom stereocenters. The van der Waals surface area contributed by atoms with Crippen LogP contribution in [-0.2, 0) is 11.3 Å². The monoisotopic (exact) mass is 412 g/mol. The van der Waals surface area contributed by atoms with Gasteiger partial charge < -0.3 is 20.4 Å². The van der Waals surface area contributed by atoms with E-state index in [0.717, 1.165) is 51.5 Å². The number of nitrogens with one attached hydrogen (secondary N) is 2. The number of piperidine rings is 1. The zero-order valence-corrected chi connectivity index (χ0v) is 18.6. The molecule has 7 heteroatoms. The van der Waals surface area contributed by atoms with Gasteiger partial charge in [-0.1, -0.05) is 24.3 Å². The maximum atomic E-state index is 11.9. The zero-order chi connectivity index (χ0) is 21.3. The van der Waals surface area contributed by atoms with Gasteiger partial charge in [0.2, 0.25) is 5.91 Å². The Hall–Kier alpha value is -2.54. The van der Waals surface area contributed by atoms with Crippen molar-refractivity contribution in [1.29, 1.82) is 0 Å². The number of carbonyl (C=O) groups excluding carboxylic acids is 1. The molecule has 0 radical (unpaired) electrons. The number of carbonyl (C=O) groups is 1. The van der Waals surface area contributed by atoms with Gasteiger partial charge >= 0.3 is 0 Å². The van der Waals surface area contributed by atoms with Gasteiger partial charge in [-0.2, -0.15) is 0 Å². The van der Waals surface area contributed by atoms with E-state index in [0.29, 0.717) is 19.1 Å². The van der Waals surface area contributed by atoms with Crippen LogP contribution in [0.15, 0.2) is 41.4 Å².